The zero-order chi connectivity index (χ0) is 12.8. The number of rotatable bonds is 6. The number of ether oxygens (including phenoxy) is 2. The first-order valence-electron chi connectivity index (χ1n) is 6.36. The van der Waals surface area contributed by atoms with Crippen LogP contribution in [0.5, 0.6) is 5.88 Å². The van der Waals surface area contributed by atoms with E-state index < -0.39 is 0 Å². The van der Waals surface area contributed by atoms with Gasteiger partial charge in [-0.1, -0.05) is 18.5 Å². The second-order valence-electron chi connectivity index (χ2n) is 4.40. The lowest BCUT2D eigenvalue weighted by atomic mass is 10.1. The van der Waals surface area contributed by atoms with Crippen molar-refractivity contribution in [1.29, 1.82) is 0 Å². The van der Waals surface area contributed by atoms with Gasteiger partial charge in [0.1, 0.15) is 0 Å². The first kappa shape index (κ1) is 13.6. The maximum absolute atomic E-state index is 6.08. The molecule has 4 nitrogen and oxygen atoms in total. The molecule has 5 heteroatoms. The van der Waals surface area contributed by atoms with Gasteiger partial charge in [-0.3, -0.25) is 0 Å². The van der Waals surface area contributed by atoms with Crippen molar-refractivity contribution in [1.82, 2.24) is 10.3 Å². The molecule has 0 radical (unpaired) electrons. The molecule has 0 aromatic carbocycles. The van der Waals surface area contributed by atoms with Gasteiger partial charge >= 0.3 is 0 Å². The molecule has 1 fully saturated rings. The molecular formula is C13H19ClN2O2. The summed E-state index contributed by atoms with van der Waals surface area (Å²) in [5, 5.41) is 3.88. The van der Waals surface area contributed by atoms with Crippen molar-refractivity contribution >= 4 is 11.6 Å². The van der Waals surface area contributed by atoms with Gasteiger partial charge in [0.25, 0.3) is 0 Å². The van der Waals surface area contributed by atoms with Crippen LogP contribution in [0.3, 0.4) is 0 Å². The standard InChI is InChI=1S/C13H19ClN2O2/c1-2-15-7-12-11(14)3-4-13(16-12)18-9-10-5-6-17-8-10/h3-4,10,15H,2,5-9H2,1H3. The Labute approximate surface area is 113 Å². The van der Waals surface area contributed by atoms with Crippen molar-refractivity contribution in [2.75, 3.05) is 26.4 Å². The maximum atomic E-state index is 6.08. The SMILES string of the molecule is CCNCc1nc(OCC2CCOC2)ccc1Cl. The fourth-order valence-electron chi connectivity index (χ4n) is 1.83. The van der Waals surface area contributed by atoms with Crippen LogP contribution in [0.15, 0.2) is 12.1 Å². The molecule has 1 aromatic heterocycles. The summed E-state index contributed by atoms with van der Waals surface area (Å²) in [5.41, 5.74) is 0.832. The Bertz CT molecular complexity index is 381. The quantitative estimate of drug-likeness (QED) is 0.861. The van der Waals surface area contributed by atoms with E-state index >= 15 is 0 Å². The van der Waals surface area contributed by atoms with E-state index in [0.29, 0.717) is 30.0 Å². The first-order chi connectivity index (χ1) is 8.79. The third-order valence-electron chi connectivity index (χ3n) is 2.93. The molecule has 2 heterocycles. The molecular weight excluding hydrogens is 252 g/mol. The summed E-state index contributed by atoms with van der Waals surface area (Å²) in [5.74, 6) is 1.12. The highest BCUT2D eigenvalue weighted by molar-refractivity contribution is 6.31. The highest BCUT2D eigenvalue weighted by atomic mass is 35.5. The van der Waals surface area contributed by atoms with E-state index in [0.717, 1.165) is 31.9 Å². The molecule has 1 unspecified atom stereocenters. The van der Waals surface area contributed by atoms with Gasteiger partial charge in [0, 0.05) is 25.1 Å². The van der Waals surface area contributed by atoms with E-state index in [-0.39, 0.29) is 0 Å². The number of nitrogens with one attached hydrogen (secondary N) is 1. The van der Waals surface area contributed by atoms with Crippen LogP contribution in [0.2, 0.25) is 5.02 Å². The third kappa shape index (κ3) is 3.83. The summed E-state index contributed by atoms with van der Waals surface area (Å²) < 4.78 is 11.0. The predicted molar refractivity (Wildman–Crippen MR) is 71.0 cm³/mol. The van der Waals surface area contributed by atoms with Crippen molar-refractivity contribution < 1.29 is 9.47 Å². The molecule has 1 atom stereocenters. The third-order valence-corrected chi connectivity index (χ3v) is 3.27. The van der Waals surface area contributed by atoms with Gasteiger partial charge in [0.15, 0.2) is 0 Å². The Hall–Kier alpha value is -0.840. The van der Waals surface area contributed by atoms with E-state index in [2.05, 4.69) is 10.3 Å². The number of hydrogen-bond acceptors (Lipinski definition) is 4. The second-order valence-corrected chi connectivity index (χ2v) is 4.81. The van der Waals surface area contributed by atoms with Gasteiger partial charge in [0.2, 0.25) is 5.88 Å². The van der Waals surface area contributed by atoms with Crippen LogP contribution in [-0.4, -0.2) is 31.3 Å². The molecule has 0 amide bonds. The lowest BCUT2D eigenvalue weighted by Gasteiger charge is -2.11. The number of hydrogen-bond donors (Lipinski definition) is 1. The molecule has 0 aliphatic carbocycles. The molecule has 1 N–H and O–H groups in total. The minimum Gasteiger partial charge on any atom is -0.477 e. The molecule has 0 saturated carbocycles. The summed E-state index contributed by atoms with van der Waals surface area (Å²) in [6.45, 7) is 5.90. The van der Waals surface area contributed by atoms with Gasteiger partial charge in [-0.25, -0.2) is 4.98 Å². The summed E-state index contributed by atoms with van der Waals surface area (Å²) >= 11 is 6.08. The van der Waals surface area contributed by atoms with Gasteiger partial charge < -0.3 is 14.8 Å². The zero-order valence-electron chi connectivity index (χ0n) is 10.6. The van der Waals surface area contributed by atoms with E-state index in [1.807, 2.05) is 19.1 Å². The Balaban J connectivity index is 1.91. The minimum absolute atomic E-state index is 0.486. The van der Waals surface area contributed by atoms with Crippen molar-refractivity contribution in [2.24, 2.45) is 5.92 Å². The summed E-state index contributed by atoms with van der Waals surface area (Å²) in [4.78, 5) is 4.41. The van der Waals surface area contributed by atoms with Crippen molar-refractivity contribution in [3.8, 4) is 5.88 Å². The van der Waals surface area contributed by atoms with E-state index in [9.17, 15) is 0 Å². The molecule has 1 aliphatic rings. The molecule has 18 heavy (non-hydrogen) atoms. The normalized spacial score (nSPS) is 19.1. The van der Waals surface area contributed by atoms with Crippen molar-refractivity contribution in [3.05, 3.63) is 22.8 Å². The zero-order valence-corrected chi connectivity index (χ0v) is 11.4. The molecule has 1 saturated heterocycles. The Morgan fingerprint density at radius 2 is 2.44 bits per heavy atom. The minimum atomic E-state index is 0.486. The van der Waals surface area contributed by atoms with Crippen LogP contribution >= 0.6 is 11.6 Å². The smallest absolute Gasteiger partial charge is 0.213 e. The Kier molecular flexibility index (Phi) is 5.23. The fraction of sp³-hybridized carbons (Fsp3) is 0.615. The van der Waals surface area contributed by atoms with Crippen molar-refractivity contribution in [2.45, 2.75) is 19.9 Å². The highest BCUT2D eigenvalue weighted by Gasteiger charge is 2.16. The average Bonchev–Trinajstić information content (AvgIpc) is 2.89. The van der Waals surface area contributed by atoms with Crippen LogP contribution in [0, 0.1) is 5.92 Å². The monoisotopic (exact) mass is 270 g/mol. The molecule has 2 rings (SSSR count). The summed E-state index contributed by atoms with van der Waals surface area (Å²) in [6.07, 6.45) is 1.07. The number of aromatic nitrogens is 1. The highest BCUT2D eigenvalue weighted by Crippen LogP contribution is 2.19. The largest absolute Gasteiger partial charge is 0.477 e. The molecule has 1 aromatic rings. The molecule has 100 valence electrons. The lowest BCUT2D eigenvalue weighted by molar-refractivity contribution is 0.165. The van der Waals surface area contributed by atoms with E-state index in [1.54, 1.807) is 0 Å². The van der Waals surface area contributed by atoms with Crippen LogP contribution in [0.1, 0.15) is 19.0 Å². The van der Waals surface area contributed by atoms with Crippen molar-refractivity contribution in [3.63, 3.8) is 0 Å². The first-order valence-corrected chi connectivity index (χ1v) is 6.74. The van der Waals surface area contributed by atoms with Crippen LogP contribution in [0.4, 0.5) is 0 Å². The predicted octanol–water partition coefficient (Wildman–Crippen LogP) is 2.26. The molecule has 1 aliphatic heterocycles. The Morgan fingerprint density at radius 3 is 3.17 bits per heavy atom. The number of halogens is 1. The maximum Gasteiger partial charge on any atom is 0.213 e. The summed E-state index contributed by atoms with van der Waals surface area (Å²) in [6, 6.07) is 3.65. The van der Waals surface area contributed by atoms with Gasteiger partial charge in [-0.2, -0.15) is 0 Å². The number of nitrogens with zero attached hydrogens (tertiary/aromatic N) is 1. The lowest BCUT2D eigenvalue weighted by Crippen LogP contribution is -2.15. The van der Waals surface area contributed by atoms with Gasteiger partial charge in [-0.15, -0.1) is 0 Å². The average molecular weight is 271 g/mol. The Morgan fingerprint density at radius 1 is 1.56 bits per heavy atom. The van der Waals surface area contributed by atoms with E-state index in [4.69, 9.17) is 21.1 Å². The topological polar surface area (TPSA) is 43.4 Å². The number of pyridine rings is 1. The van der Waals surface area contributed by atoms with Gasteiger partial charge in [0.05, 0.1) is 23.9 Å². The second kappa shape index (κ2) is 6.92. The molecule has 0 spiro atoms. The van der Waals surface area contributed by atoms with Crippen LogP contribution in [0.25, 0.3) is 0 Å². The van der Waals surface area contributed by atoms with Gasteiger partial charge in [-0.05, 0) is 19.0 Å². The summed E-state index contributed by atoms with van der Waals surface area (Å²) in [7, 11) is 0. The van der Waals surface area contributed by atoms with Crippen LogP contribution in [-0.2, 0) is 11.3 Å². The fourth-order valence-corrected chi connectivity index (χ4v) is 2.00. The van der Waals surface area contributed by atoms with Crippen LogP contribution < -0.4 is 10.1 Å². The molecule has 0 bridgehead atoms. The van der Waals surface area contributed by atoms with E-state index in [1.165, 1.54) is 0 Å².